The van der Waals surface area contributed by atoms with E-state index in [9.17, 15) is 4.39 Å². The van der Waals surface area contributed by atoms with Crippen LogP contribution in [0.5, 0.6) is 0 Å². The molecule has 0 amide bonds. The van der Waals surface area contributed by atoms with Crippen molar-refractivity contribution in [3.8, 4) is 0 Å². The molecule has 4 heteroatoms. The minimum atomic E-state index is -2.45. The van der Waals surface area contributed by atoms with Gasteiger partial charge in [-0.15, -0.1) is 0 Å². The van der Waals surface area contributed by atoms with Crippen LogP contribution in [0.1, 0.15) is 41.5 Å². The highest BCUT2D eigenvalue weighted by Crippen LogP contribution is 2.44. The Kier molecular flexibility index (Phi) is 2.99. The van der Waals surface area contributed by atoms with Crippen LogP contribution in [-0.2, 0) is 9.47 Å². The van der Waals surface area contributed by atoms with E-state index in [1.165, 1.54) is 0 Å². The fourth-order valence-electron chi connectivity index (χ4n) is 1.76. The Hall–Kier alpha value is -0.0851. The molecule has 2 atom stereocenters. The van der Waals surface area contributed by atoms with Gasteiger partial charge in [-0.3, -0.25) is 0 Å². The van der Waals surface area contributed by atoms with Gasteiger partial charge in [-0.1, -0.05) is 41.5 Å². The molecule has 0 aromatic carbocycles. The first-order valence-corrected chi connectivity index (χ1v) is 5.27. The lowest BCUT2D eigenvalue weighted by Gasteiger charge is -2.36. The Morgan fingerprint density at radius 3 is 1.40 bits per heavy atom. The van der Waals surface area contributed by atoms with Gasteiger partial charge in [0.15, 0.2) is 0 Å². The Labute approximate surface area is 92.9 Å². The lowest BCUT2D eigenvalue weighted by atomic mass is 9.76. The number of rotatable bonds is 0. The largest absolute Gasteiger partial charge is 0.326 e. The molecular weight excluding hydrogens is 194 g/mol. The summed E-state index contributed by atoms with van der Waals surface area (Å²) in [6.45, 7) is 11.9. The van der Waals surface area contributed by atoms with Gasteiger partial charge >= 0.3 is 0 Å². The standard InChI is InChI=1S/C11H20BFO2/c1-9(2,3)7-8(10(4,5)6)15-11(12,13)14-7/h7-8H,1-6H3. The van der Waals surface area contributed by atoms with E-state index in [4.69, 9.17) is 17.3 Å². The van der Waals surface area contributed by atoms with Gasteiger partial charge in [0, 0.05) is 0 Å². The van der Waals surface area contributed by atoms with E-state index in [2.05, 4.69) is 0 Å². The summed E-state index contributed by atoms with van der Waals surface area (Å²) < 4.78 is 23.8. The molecule has 0 N–H and O–H groups in total. The monoisotopic (exact) mass is 214 g/mol. The second-order valence-corrected chi connectivity index (χ2v) is 6.39. The molecular formula is C11H20BFO2. The van der Waals surface area contributed by atoms with Crippen molar-refractivity contribution in [2.75, 3.05) is 0 Å². The van der Waals surface area contributed by atoms with E-state index in [-0.39, 0.29) is 23.0 Å². The lowest BCUT2D eigenvalue weighted by molar-refractivity contribution is -0.210. The maximum absolute atomic E-state index is 13.5. The van der Waals surface area contributed by atoms with Crippen LogP contribution in [0.3, 0.4) is 0 Å². The third-order valence-electron chi connectivity index (χ3n) is 2.56. The predicted octanol–water partition coefficient (Wildman–Crippen LogP) is 2.61. The predicted molar refractivity (Wildman–Crippen MR) is 58.2 cm³/mol. The second kappa shape index (κ2) is 3.46. The first-order chi connectivity index (χ1) is 6.43. The summed E-state index contributed by atoms with van der Waals surface area (Å²) >= 11 is 0. The first-order valence-electron chi connectivity index (χ1n) is 5.27. The van der Waals surface area contributed by atoms with E-state index in [1.54, 1.807) is 0 Å². The topological polar surface area (TPSA) is 18.5 Å². The zero-order chi connectivity index (χ0) is 12.1. The molecule has 1 rings (SSSR count). The van der Waals surface area contributed by atoms with Gasteiger partial charge in [0.2, 0.25) is 7.85 Å². The van der Waals surface area contributed by atoms with Crippen LogP contribution < -0.4 is 0 Å². The van der Waals surface area contributed by atoms with Crippen LogP contribution >= 0.6 is 0 Å². The molecule has 0 aromatic heterocycles. The van der Waals surface area contributed by atoms with E-state index in [0.29, 0.717) is 0 Å². The smallest absolute Gasteiger partial charge is 0.261 e. The molecule has 2 nitrogen and oxygen atoms in total. The van der Waals surface area contributed by atoms with Crippen LogP contribution in [-0.4, -0.2) is 26.0 Å². The molecule has 0 spiro atoms. The summed E-state index contributed by atoms with van der Waals surface area (Å²) in [6.07, 6.45) is -0.681. The molecule has 2 radical (unpaired) electrons. The quantitative estimate of drug-likeness (QED) is 0.577. The fraction of sp³-hybridized carbons (Fsp3) is 1.00. The lowest BCUT2D eigenvalue weighted by Crippen LogP contribution is -2.42. The number of hydrogen-bond acceptors (Lipinski definition) is 2. The Morgan fingerprint density at radius 2 is 1.20 bits per heavy atom. The molecule has 2 unspecified atom stereocenters. The molecule has 0 aromatic rings. The Bertz CT molecular complexity index is 216. The highest BCUT2D eigenvalue weighted by molar-refractivity contribution is 6.12. The van der Waals surface area contributed by atoms with Crippen LogP contribution in [0, 0.1) is 10.8 Å². The third kappa shape index (κ3) is 2.94. The molecule has 86 valence electrons. The molecule has 1 aliphatic heterocycles. The van der Waals surface area contributed by atoms with Crippen LogP contribution in [0.25, 0.3) is 0 Å². The van der Waals surface area contributed by atoms with Crippen molar-refractivity contribution in [1.82, 2.24) is 0 Å². The highest BCUT2D eigenvalue weighted by Gasteiger charge is 2.52. The molecule has 0 bridgehead atoms. The van der Waals surface area contributed by atoms with E-state index in [0.717, 1.165) is 0 Å². The third-order valence-corrected chi connectivity index (χ3v) is 2.56. The molecule has 1 fully saturated rings. The zero-order valence-electron chi connectivity index (χ0n) is 10.4. The second-order valence-electron chi connectivity index (χ2n) is 6.39. The summed E-state index contributed by atoms with van der Waals surface area (Å²) in [5.41, 5.74) is -0.406. The summed E-state index contributed by atoms with van der Waals surface area (Å²) in [6, 6.07) is 0. The van der Waals surface area contributed by atoms with E-state index >= 15 is 0 Å². The van der Waals surface area contributed by atoms with Gasteiger partial charge in [-0.05, 0) is 10.8 Å². The average Bonchev–Trinajstić information content (AvgIpc) is 2.23. The van der Waals surface area contributed by atoms with E-state index < -0.39 is 5.94 Å². The van der Waals surface area contributed by atoms with Gasteiger partial charge < -0.3 is 9.47 Å². The van der Waals surface area contributed by atoms with Gasteiger partial charge in [0.05, 0.1) is 12.2 Å². The van der Waals surface area contributed by atoms with Crippen LogP contribution in [0.4, 0.5) is 4.39 Å². The minimum Gasteiger partial charge on any atom is -0.326 e. The van der Waals surface area contributed by atoms with Crippen LogP contribution in [0.2, 0.25) is 0 Å². The summed E-state index contributed by atoms with van der Waals surface area (Å²) in [5.74, 6) is -2.45. The SMILES string of the molecule is [B]C1(F)OC(C(C)(C)C)C(C(C)(C)C)O1. The van der Waals surface area contributed by atoms with Crippen molar-refractivity contribution in [3.05, 3.63) is 0 Å². The Morgan fingerprint density at radius 1 is 0.933 bits per heavy atom. The van der Waals surface area contributed by atoms with E-state index in [1.807, 2.05) is 41.5 Å². The molecule has 0 saturated carbocycles. The maximum atomic E-state index is 13.5. The first kappa shape index (κ1) is 13.0. The number of halogens is 1. The summed E-state index contributed by atoms with van der Waals surface area (Å²) in [5, 5.41) is 0. The maximum Gasteiger partial charge on any atom is 0.261 e. The highest BCUT2D eigenvalue weighted by atomic mass is 19.2. The fourth-order valence-corrected chi connectivity index (χ4v) is 1.76. The van der Waals surface area contributed by atoms with Crippen molar-refractivity contribution >= 4 is 7.85 Å². The van der Waals surface area contributed by atoms with Gasteiger partial charge in [0.25, 0.3) is 5.94 Å². The van der Waals surface area contributed by atoms with Crippen LogP contribution in [0.15, 0.2) is 0 Å². The zero-order valence-corrected chi connectivity index (χ0v) is 10.4. The van der Waals surface area contributed by atoms with Crippen molar-refractivity contribution in [1.29, 1.82) is 0 Å². The van der Waals surface area contributed by atoms with Gasteiger partial charge in [0.1, 0.15) is 0 Å². The summed E-state index contributed by atoms with van der Waals surface area (Å²) in [7, 11) is 5.24. The van der Waals surface area contributed by atoms with Gasteiger partial charge in [-0.2, -0.15) is 4.39 Å². The summed E-state index contributed by atoms with van der Waals surface area (Å²) in [4.78, 5) is 0. The van der Waals surface area contributed by atoms with Crippen molar-refractivity contribution < 1.29 is 13.9 Å². The minimum absolute atomic E-state index is 0.203. The normalized spacial score (nSPS) is 38.3. The molecule has 1 saturated heterocycles. The molecule has 1 heterocycles. The number of hydrogen-bond donors (Lipinski definition) is 0. The number of alkyl halides is 1. The molecule has 0 aliphatic carbocycles. The Balaban J connectivity index is 2.95. The van der Waals surface area contributed by atoms with Crippen molar-refractivity contribution in [2.24, 2.45) is 10.8 Å². The molecule has 1 aliphatic rings. The van der Waals surface area contributed by atoms with Crippen molar-refractivity contribution in [3.63, 3.8) is 0 Å². The number of ether oxygens (including phenoxy) is 2. The van der Waals surface area contributed by atoms with Crippen molar-refractivity contribution in [2.45, 2.75) is 59.7 Å². The average molecular weight is 214 g/mol. The van der Waals surface area contributed by atoms with Gasteiger partial charge in [-0.25, -0.2) is 0 Å². The molecule has 15 heavy (non-hydrogen) atoms.